The van der Waals surface area contributed by atoms with Crippen LogP contribution in [-0.4, -0.2) is 30.3 Å². The molecule has 22 heavy (non-hydrogen) atoms. The molecule has 6 rings (SSSR count). The van der Waals surface area contributed by atoms with E-state index in [1.807, 2.05) is 18.2 Å². The van der Waals surface area contributed by atoms with Crippen LogP contribution in [0.4, 0.5) is 0 Å². The number of aliphatic imine (C=N–C) groups is 1. The molecule has 3 aliphatic heterocycles. The van der Waals surface area contributed by atoms with Crippen LogP contribution in [0.15, 0.2) is 29.3 Å². The average molecular weight is 298 g/mol. The summed E-state index contributed by atoms with van der Waals surface area (Å²) in [6.45, 7) is 0. The van der Waals surface area contributed by atoms with E-state index in [4.69, 9.17) is 14.6 Å². The lowest BCUT2D eigenvalue weighted by Crippen LogP contribution is -2.40. The van der Waals surface area contributed by atoms with Crippen LogP contribution < -0.4 is 4.74 Å². The zero-order valence-electron chi connectivity index (χ0n) is 12.9. The van der Waals surface area contributed by atoms with E-state index in [0.29, 0.717) is 12.0 Å². The molecule has 4 fully saturated rings. The van der Waals surface area contributed by atoms with E-state index >= 15 is 0 Å². The van der Waals surface area contributed by atoms with E-state index in [-0.39, 0.29) is 6.17 Å². The highest BCUT2D eigenvalue weighted by atomic mass is 16.7. The maximum Gasteiger partial charge on any atom is 0.242 e. The van der Waals surface area contributed by atoms with Gasteiger partial charge < -0.3 is 9.57 Å². The van der Waals surface area contributed by atoms with Crippen LogP contribution in [-0.2, 0) is 4.84 Å². The van der Waals surface area contributed by atoms with Crippen LogP contribution in [0.2, 0.25) is 0 Å². The summed E-state index contributed by atoms with van der Waals surface area (Å²) >= 11 is 0. The molecule has 0 radical (unpaired) electrons. The molecule has 0 spiro atoms. The third kappa shape index (κ3) is 1.89. The summed E-state index contributed by atoms with van der Waals surface area (Å²) in [7, 11) is 1.69. The summed E-state index contributed by atoms with van der Waals surface area (Å²) in [4.78, 5) is 11.2. The van der Waals surface area contributed by atoms with Gasteiger partial charge in [-0.3, -0.25) is 0 Å². The maximum atomic E-state index is 6.24. The molecule has 4 bridgehead atoms. The van der Waals surface area contributed by atoms with Gasteiger partial charge in [0.2, 0.25) is 5.90 Å². The summed E-state index contributed by atoms with van der Waals surface area (Å²) in [5, 5.41) is 2.23. The fraction of sp³-hybridized carbons (Fsp3) is 0.611. The zero-order chi connectivity index (χ0) is 14.7. The van der Waals surface area contributed by atoms with Gasteiger partial charge in [-0.15, -0.1) is 5.06 Å². The van der Waals surface area contributed by atoms with Crippen LogP contribution in [0.5, 0.6) is 5.75 Å². The second kappa shape index (κ2) is 4.72. The molecule has 3 atom stereocenters. The van der Waals surface area contributed by atoms with Gasteiger partial charge in [-0.1, -0.05) is 6.07 Å². The van der Waals surface area contributed by atoms with E-state index in [2.05, 4.69) is 11.1 Å². The Balaban J connectivity index is 1.49. The molecule has 0 N–H and O–H groups in total. The molecule has 4 heteroatoms. The number of nitrogens with zero attached hydrogens (tertiary/aromatic N) is 2. The van der Waals surface area contributed by atoms with Crippen LogP contribution in [0.1, 0.15) is 37.7 Å². The Bertz CT molecular complexity index is 615. The first-order valence-corrected chi connectivity index (χ1v) is 8.48. The Morgan fingerprint density at radius 3 is 2.73 bits per heavy atom. The molecule has 5 aliphatic rings. The second-order valence-electron chi connectivity index (χ2n) is 7.36. The van der Waals surface area contributed by atoms with E-state index in [1.54, 1.807) is 7.11 Å². The van der Waals surface area contributed by atoms with Gasteiger partial charge in [0.05, 0.1) is 7.11 Å². The number of rotatable bonds is 2. The number of ether oxygens (including phenoxy) is 1. The lowest BCUT2D eigenvalue weighted by atomic mass is 9.68. The maximum absolute atomic E-state index is 6.24. The molecule has 3 heterocycles. The molecule has 0 amide bonds. The van der Waals surface area contributed by atoms with E-state index in [1.165, 1.54) is 32.1 Å². The van der Waals surface area contributed by atoms with Crippen molar-refractivity contribution >= 4 is 5.90 Å². The monoisotopic (exact) mass is 298 g/mol. The molecule has 1 aromatic rings. The zero-order valence-corrected chi connectivity index (χ0v) is 12.9. The molecule has 3 unspecified atom stereocenters. The number of hydrogen-bond donors (Lipinski definition) is 0. The Kier molecular flexibility index (Phi) is 2.78. The highest BCUT2D eigenvalue weighted by Gasteiger charge is 2.51. The number of methoxy groups -OCH3 is 1. The molecular formula is C18H22N2O2. The van der Waals surface area contributed by atoms with Crippen molar-refractivity contribution < 1.29 is 9.57 Å². The quantitative estimate of drug-likeness (QED) is 0.840. The van der Waals surface area contributed by atoms with Gasteiger partial charge in [-0.25, -0.2) is 4.99 Å². The Labute approximate surface area is 131 Å². The minimum absolute atomic E-state index is 0.238. The van der Waals surface area contributed by atoms with Gasteiger partial charge >= 0.3 is 0 Å². The summed E-state index contributed by atoms with van der Waals surface area (Å²) in [5.74, 6) is 4.13. The lowest BCUT2D eigenvalue weighted by Gasteiger charge is -2.38. The predicted molar refractivity (Wildman–Crippen MR) is 83.6 cm³/mol. The molecule has 2 saturated heterocycles. The van der Waals surface area contributed by atoms with Crippen molar-refractivity contribution in [1.82, 2.24) is 5.06 Å². The standard InChI is InChI=1S/C18H22N2O2/c1-21-16-4-2-3-13(10-16)18-19-17-14-6-11-5-12(7-14)9-15(8-11)20(17)22-18/h2-4,10-12,14-15,17H,5-9H2,1H3. The van der Waals surface area contributed by atoms with Gasteiger partial charge in [-0.05, 0) is 68.1 Å². The minimum atomic E-state index is 0.238. The molecule has 116 valence electrons. The largest absolute Gasteiger partial charge is 0.497 e. The van der Waals surface area contributed by atoms with Crippen LogP contribution in [0.25, 0.3) is 0 Å². The van der Waals surface area contributed by atoms with Crippen molar-refractivity contribution in [2.24, 2.45) is 22.7 Å². The fourth-order valence-corrected chi connectivity index (χ4v) is 5.16. The average Bonchev–Trinajstić information content (AvgIpc) is 2.93. The van der Waals surface area contributed by atoms with Gasteiger partial charge in [0.15, 0.2) is 0 Å². The molecule has 2 saturated carbocycles. The molecule has 1 aromatic carbocycles. The normalized spacial score (nSPS) is 39.1. The summed E-state index contributed by atoms with van der Waals surface area (Å²) in [6, 6.07) is 8.59. The summed E-state index contributed by atoms with van der Waals surface area (Å²) < 4.78 is 5.32. The SMILES string of the molecule is COc1cccc(C2=NC3C4CC5CC(C4)CC(C5)N3O2)c1. The topological polar surface area (TPSA) is 34.1 Å². The van der Waals surface area contributed by atoms with Gasteiger partial charge in [-0.2, -0.15) is 0 Å². The highest BCUT2D eigenvalue weighted by molar-refractivity contribution is 5.95. The molecule has 2 aliphatic carbocycles. The first kappa shape index (κ1) is 12.9. The van der Waals surface area contributed by atoms with Crippen molar-refractivity contribution in [3.63, 3.8) is 0 Å². The Morgan fingerprint density at radius 2 is 1.95 bits per heavy atom. The van der Waals surface area contributed by atoms with Crippen molar-refractivity contribution in [2.75, 3.05) is 7.11 Å². The second-order valence-corrected chi connectivity index (χ2v) is 7.36. The third-order valence-corrected chi connectivity index (χ3v) is 5.95. The Morgan fingerprint density at radius 1 is 1.14 bits per heavy atom. The van der Waals surface area contributed by atoms with E-state index in [0.717, 1.165) is 29.0 Å². The van der Waals surface area contributed by atoms with Gasteiger partial charge in [0, 0.05) is 11.6 Å². The highest BCUT2D eigenvalue weighted by Crippen LogP contribution is 2.51. The molecule has 0 aromatic heterocycles. The van der Waals surface area contributed by atoms with E-state index in [9.17, 15) is 0 Å². The van der Waals surface area contributed by atoms with Crippen molar-refractivity contribution in [1.29, 1.82) is 0 Å². The first-order chi connectivity index (χ1) is 10.8. The molecular weight excluding hydrogens is 276 g/mol. The number of benzene rings is 1. The van der Waals surface area contributed by atoms with Crippen LogP contribution in [0, 0.1) is 17.8 Å². The fourth-order valence-electron chi connectivity index (χ4n) is 5.16. The summed E-state index contributed by atoms with van der Waals surface area (Å²) in [5.41, 5.74) is 1.02. The van der Waals surface area contributed by atoms with Crippen molar-refractivity contribution in [2.45, 2.75) is 44.3 Å². The van der Waals surface area contributed by atoms with Gasteiger partial charge in [0.1, 0.15) is 11.9 Å². The summed E-state index contributed by atoms with van der Waals surface area (Å²) in [6.07, 6.45) is 6.95. The van der Waals surface area contributed by atoms with Crippen molar-refractivity contribution in [3.8, 4) is 5.75 Å². The number of hydrogen-bond acceptors (Lipinski definition) is 4. The smallest absolute Gasteiger partial charge is 0.242 e. The van der Waals surface area contributed by atoms with Crippen LogP contribution in [0.3, 0.4) is 0 Å². The third-order valence-electron chi connectivity index (χ3n) is 5.95. The lowest BCUT2D eigenvalue weighted by molar-refractivity contribution is -0.126. The minimum Gasteiger partial charge on any atom is -0.497 e. The van der Waals surface area contributed by atoms with Crippen molar-refractivity contribution in [3.05, 3.63) is 29.8 Å². The number of hydroxylamine groups is 2. The Hall–Kier alpha value is -1.55. The predicted octanol–water partition coefficient (Wildman–Crippen LogP) is 3.22. The first-order valence-electron chi connectivity index (χ1n) is 8.48. The van der Waals surface area contributed by atoms with E-state index < -0.39 is 0 Å². The van der Waals surface area contributed by atoms with Crippen LogP contribution >= 0.6 is 0 Å². The van der Waals surface area contributed by atoms with Gasteiger partial charge in [0.25, 0.3) is 0 Å². The molecule has 4 nitrogen and oxygen atoms in total.